The van der Waals surface area contributed by atoms with Crippen molar-refractivity contribution in [2.75, 3.05) is 19.6 Å². The number of nitrogens with zero attached hydrogens (tertiary/aromatic N) is 3. The summed E-state index contributed by atoms with van der Waals surface area (Å²) in [5.41, 5.74) is 2.22. The molecular formula is C18H26N4O2. The summed E-state index contributed by atoms with van der Waals surface area (Å²) >= 11 is 0. The van der Waals surface area contributed by atoms with Gasteiger partial charge in [-0.15, -0.1) is 0 Å². The van der Waals surface area contributed by atoms with Crippen molar-refractivity contribution in [1.82, 2.24) is 20.2 Å². The molecule has 130 valence electrons. The van der Waals surface area contributed by atoms with Crippen molar-refractivity contribution in [3.8, 4) is 0 Å². The van der Waals surface area contributed by atoms with Crippen LogP contribution in [0.3, 0.4) is 0 Å². The number of hydrogen-bond donors (Lipinski definition) is 1. The van der Waals surface area contributed by atoms with Crippen LogP contribution in [0.1, 0.15) is 67.3 Å². The van der Waals surface area contributed by atoms with E-state index in [9.17, 15) is 0 Å². The quantitative estimate of drug-likeness (QED) is 0.929. The van der Waals surface area contributed by atoms with Crippen LogP contribution in [0.4, 0.5) is 0 Å². The number of fused-ring (bicyclic) bond motifs is 2. The van der Waals surface area contributed by atoms with Gasteiger partial charge in [-0.25, -0.2) is 9.97 Å². The molecule has 4 heterocycles. The van der Waals surface area contributed by atoms with Crippen LogP contribution in [0, 0.1) is 0 Å². The van der Waals surface area contributed by atoms with Crippen LogP contribution in [-0.2, 0) is 25.9 Å². The largest absolute Gasteiger partial charge is 0.445 e. The third kappa shape index (κ3) is 3.00. The van der Waals surface area contributed by atoms with Gasteiger partial charge in [0.05, 0.1) is 17.9 Å². The molecule has 0 fully saturated rings. The first-order valence-electron chi connectivity index (χ1n) is 9.00. The van der Waals surface area contributed by atoms with Gasteiger partial charge in [0.15, 0.2) is 11.8 Å². The van der Waals surface area contributed by atoms with Gasteiger partial charge in [-0.05, 0) is 0 Å². The molecule has 6 heteroatoms. The van der Waals surface area contributed by atoms with Crippen molar-refractivity contribution in [2.24, 2.45) is 0 Å². The Bertz CT molecular complexity index is 695. The van der Waals surface area contributed by atoms with Crippen LogP contribution >= 0.6 is 0 Å². The fourth-order valence-electron chi connectivity index (χ4n) is 3.49. The third-order valence-corrected chi connectivity index (χ3v) is 4.89. The van der Waals surface area contributed by atoms with E-state index < -0.39 is 0 Å². The van der Waals surface area contributed by atoms with Crippen LogP contribution < -0.4 is 5.32 Å². The fourth-order valence-corrected chi connectivity index (χ4v) is 3.49. The molecule has 24 heavy (non-hydrogen) atoms. The normalized spacial score (nSPS) is 19.3. The van der Waals surface area contributed by atoms with E-state index in [2.05, 4.69) is 36.0 Å². The maximum absolute atomic E-state index is 6.00. The van der Waals surface area contributed by atoms with E-state index in [1.54, 1.807) is 0 Å². The molecule has 2 aromatic heterocycles. The average Bonchev–Trinajstić information content (AvgIpc) is 3.18. The highest BCUT2D eigenvalue weighted by atomic mass is 16.4. The molecule has 0 spiro atoms. The lowest BCUT2D eigenvalue weighted by Crippen LogP contribution is -2.33. The molecule has 0 aromatic carbocycles. The van der Waals surface area contributed by atoms with Crippen molar-refractivity contribution in [3.05, 3.63) is 34.7 Å². The Morgan fingerprint density at radius 2 is 1.83 bits per heavy atom. The molecule has 0 radical (unpaired) electrons. The monoisotopic (exact) mass is 330 g/mol. The second-order valence-electron chi connectivity index (χ2n) is 7.31. The summed E-state index contributed by atoms with van der Waals surface area (Å²) in [6.45, 7) is 11.0. The van der Waals surface area contributed by atoms with Crippen molar-refractivity contribution >= 4 is 0 Å². The molecule has 2 aliphatic heterocycles. The second kappa shape index (κ2) is 6.33. The number of oxazole rings is 2. The smallest absolute Gasteiger partial charge is 0.198 e. The fraction of sp³-hybridized carbons (Fsp3) is 0.667. The van der Waals surface area contributed by atoms with E-state index in [4.69, 9.17) is 13.8 Å². The van der Waals surface area contributed by atoms with Crippen molar-refractivity contribution in [2.45, 2.75) is 58.5 Å². The molecular weight excluding hydrogens is 304 g/mol. The van der Waals surface area contributed by atoms with Gasteiger partial charge < -0.3 is 14.2 Å². The van der Waals surface area contributed by atoms with E-state index in [1.807, 2.05) is 0 Å². The average molecular weight is 330 g/mol. The maximum atomic E-state index is 6.00. The Balaban J connectivity index is 1.42. The van der Waals surface area contributed by atoms with Gasteiger partial charge in [0.2, 0.25) is 0 Å². The minimum atomic E-state index is 0.282. The predicted octanol–water partition coefficient (Wildman–Crippen LogP) is 2.59. The molecule has 4 rings (SSSR count). The van der Waals surface area contributed by atoms with Gasteiger partial charge in [-0.1, -0.05) is 20.8 Å². The summed E-state index contributed by atoms with van der Waals surface area (Å²) in [5.74, 6) is 4.46. The first-order chi connectivity index (χ1) is 11.6. The Labute approximate surface area is 142 Å². The van der Waals surface area contributed by atoms with Gasteiger partial charge >= 0.3 is 0 Å². The van der Waals surface area contributed by atoms with Crippen LogP contribution in [0.2, 0.25) is 0 Å². The molecule has 0 amide bonds. The molecule has 1 N–H and O–H groups in total. The van der Waals surface area contributed by atoms with Crippen LogP contribution in [0.5, 0.6) is 0 Å². The zero-order valence-electron chi connectivity index (χ0n) is 14.8. The van der Waals surface area contributed by atoms with E-state index in [0.29, 0.717) is 5.92 Å². The SMILES string of the molecule is CC(C)c1nc2c(o1)CN(CC(C)c1nc3c(o1)CCNC3)CC2. The highest BCUT2D eigenvalue weighted by Crippen LogP contribution is 2.27. The number of rotatable bonds is 4. The van der Waals surface area contributed by atoms with Gasteiger partial charge in [-0.3, -0.25) is 4.90 Å². The van der Waals surface area contributed by atoms with Crippen molar-refractivity contribution in [1.29, 1.82) is 0 Å². The lowest BCUT2D eigenvalue weighted by molar-refractivity contribution is 0.207. The standard InChI is InChI=1S/C18H26N4O2/c1-11(2)17-20-13-5-7-22(10-16(13)24-17)9-12(3)18-21-14-8-19-6-4-15(14)23-18/h11-12,19H,4-10H2,1-3H3. The molecule has 2 aromatic rings. The summed E-state index contributed by atoms with van der Waals surface area (Å²) in [6, 6.07) is 0. The minimum absolute atomic E-state index is 0.282. The maximum Gasteiger partial charge on any atom is 0.198 e. The van der Waals surface area contributed by atoms with Gasteiger partial charge in [0.1, 0.15) is 11.5 Å². The topological polar surface area (TPSA) is 67.3 Å². The van der Waals surface area contributed by atoms with E-state index in [-0.39, 0.29) is 5.92 Å². The highest BCUT2D eigenvalue weighted by molar-refractivity contribution is 5.16. The zero-order valence-corrected chi connectivity index (χ0v) is 14.8. The molecule has 0 bridgehead atoms. The second-order valence-corrected chi connectivity index (χ2v) is 7.31. The van der Waals surface area contributed by atoms with Crippen molar-refractivity contribution in [3.63, 3.8) is 0 Å². The summed E-state index contributed by atoms with van der Waals surface area (Å²) in [4.78, 5) is 11.8. The van der Waals surface area contributed by atoms with Gasteiger partial charge in [0, 0.05) is 50.9 Å². The molecule has 2 aliphatic rings. The van der Waals surface area contributed by atoms with Crippen LogP contribution in [0.25, 0.3) is 0 Å². The summed E-state index contributed by atoms with van der Waals surface area (Å²) in [6.07, 6.45) is 1.91. The van der Waals surface area contributed by atoms with Crippen LogP contribution in [-0.4, -0.2) is 34.5 Å². The van der Waals surface area contributed by atoms with Crippen molar-refractivity contribution < 1.29 is 8.83 Å². The third-order valence-electron chi connectivity index (χ3n) is 4.89. The number of aromatic nitrogens is 2. The highest BCUT2D eigenvalue weighted by Gasteiger charge is 2.26. The summed E-state index contributed by atoms with van der Waals surface area (Å²) in [7, 11) is 0. The Kier molecular flexibility index (Phi) is 4.18. The molecule has 0 saturated heterocycles. The summed E-state index contributed by atoms with van der Waals surface area (Å²) in [5, 5.41) is 3.34. The van der Waals surface area contributed by atoms with Gasteiger partial charge in [0.25, 0.3) is 0 Å². The van der Waals surface area contributed by atoms with E-state index in [1.165, 1.54) is 0 Å². The summed E-state index contributed by atoms with van der Waals surface area (Å²) < 4.78 is 12.0. The zero-order chi connectivity index (χ0) is 16.7. The lowest BCUT2D eigenvalue weighted by atomic mass is 10.1. The van der Waals surface area contributed by atoms with E-state index in [0.717, 1.165) is 80.3 Å². The molecule has 1 atom stereocenters. The Hall–Kier alpha value is -1.66. The molecule has 0 saturated carbocycles. The predicted molar refractivity (Wildman–Crippen MR) is 89.9 cm³/mol. The van der Waals surface area contributed by atoms with Gasteiger partial charge in [-0.2, -0.15) is 0 Å². The molecule has 0 aliphatic carbocycles. The Morgan fingerprint density at radius 3 is 2.62 bits per heavy atom. The lowest BCUT2D eigenvalue weighted by Gasteiger charge is -2.26. The van der Waals surface area contributed by atoms with E-state index >= 15 is 0 Å². The minimum Gasteiger partial charge on any atom is -0.445 e. The number of nitrogens with one attached hydrogen (secondary N) is 1. The Morgan fingerprint density at radius 1 is 1.04 bits per heavy atom. The first kappa shape index (κ1) is 15.8. The molecule has 6 nitrogen and oxygen atoms in total. The molecule has 1 unspecified atom stereocenters. The number of hydrogen-bond acceptors (Lipinski definition) is 6. The first-order valence-corrected chi connectivity index (χ1v) is 9.00. The van der Waals surface area contributed by atoms with Crippen LogP contribution in [0.15, 0.2) is 8.83 Å².